The SMILES string of the molecule is O=C(NCCCCc1ccccc1)C1CC1c1ccccc1. The molecule has 0 spiro atoms. The van der Waals surface area contributed by atoms with Gasteiger partial charge in [0, 0.05) is 12.5 Å². The highest BCUT2D eigenvalue weighted by Gasteiger charge is 2.43. The molecule has 2 nitrogen and oxygen atoms in total. The third-order valence-electron chi connectivity index (χ3n) is 4.39. The molecule has 2 aromatic carbocycles. The summed E-state index contributed by atoms with van der Waals surface area (Å²) in [4.78, 5) is 12.1. The highest BCUT2D eigenvalue weighted by atomic mass is 16.2. The molecule has 2 unspecified atom stereocenters. The van der Waals surface area contributed by atoms with Crippen molar-refractivity contribution in [3.05, 3.63) is 71.8 Å². The molecule has 1 saturated carbocycles. The lowest BCUT2D eigenvalue weighted by atomic mass is 10.1. The van der Waals surface area contributed by atoms with Gasteiger partial charge < -0.3 is 5.32 Å². The third-order valence-corrected chi connectivity index (χ3v) is 4.39. The maximum absolute atomic E-state index is 12.1. The Balaban J connectivity index is 1.32. The minimum absolute atomic E-state index is 0.191. The molecular formula is C20H23NO. The molecule has 2 aromatic rings. The summed E-state index contributed by atoms with van der Waals surface area (Å²) in [6, 6.07) is 20.9. The Kier molecular flexibility index (Phi) is 4.89. The van der Waals surface area contributed by atoms with Crippen LogP contribution in [0, 0.1) is 5.92 Å². The van der Waals surface area contributed by atoms with Crippen LogP contribution in [-0.4, -0.2) is 12.5 Å². The van der Waals surface area contributed by atoms with E-state index in [9.17, 15) is 4.79 Å². The molecule has 1 aliphatic rings. The monoisotopic (exact) mass is 293 g/mol. The maximum Gasteiger partial charge on any atom is 0.223 e. The highest BCUT2D eigenvalue weighted by molar-refractivity contribution is 5.82. The number of nitrogens with one attached hydrogen (secondary N) is 1. The van der Waals surface area contributed by atoms with E-state index in [0.717, 1.165) is 32.2 Å². The molecule has 22 heavy (non-hydrogen) atoms. The summed E-state index contributed by atoms with van der Waals surface area (Å²) in [5.74, 6) is 0.857. The lowest BCUT2D eigenvalue weighted by Gasteiger charge is -2.05. The van der Waals surface area contributed by atoms with E-state index >= 15 is 0 Å². The normalized spacial score (nSPS) is 19.6. The van der Waals surface area contributed by atoms with Crippen molar-refractivity contribution in [3.8, 4) is 0 Å². The first-order valence-corrected chi connectivity index (χ1v) is 8.21. The van der Waals surface area contributed by atoms with Crippen LogP contribution in [0.15, 0.2) is 60.7 Å². The lowest BCUT2D eigenvalue weighted by Crippen LogP contribution is -2.26. The van der Waals surface area contributed by atoms with Gasteiger partial charge in [0.05, 0.1) is 0 Å². The van der Waals surface area contributed by atoms with Crippen molar-refractivity contribution in [2.75, 3.05) is 6.54 Å². The summed E-state index contributed by atoms with van der Waals surface area (Å²) in [6.45, 7) is 0.795. The summed E-state index contributed by atoms with van der Waals surface area (Å²) in [5.41, 5.74) is 2.67. The van der Waals surface area contributed by atoms with Gasteiger partial charge in [0.25, 0.3) is 0 Å². The Hall–Kier alpha value is -2.09. The number of carbonyl (C=O) groups is 1. The van der Waals surface area contributed by atoms with Crippen molar-refractivity contribution in [1.29, 1.82) is 0 Å². The second kappa shape index (κ2) is 7.26. The van der Waals surface area contributed by atoms with Crippen LogP contribution in [0.2, 0.25) is 0 Å². The number of aryl methyl sites for hydroxylation is 1. The molecule has 0 aromatic heterocycles. The van der Waals surface area contributed by atoms with Gasteiger partial charge in [0.1, 0.15) is 0 Å². The van der Waals surface area contributed by atoms with Gasteiger partial charge in [-0.05, 0) is 42.7 Å². The van der Waals surface area contributed by atoms with Crippen LogP contribution in [0.25, 0.3) is 0 Å². The number of hydrogen-bond donors (Lipinski definition) is 1. The second-order valence-electron chi connectivity index (χ2n) is 6.09. The predicted molar refractivity (Wildman–Crippen MR) is 89.7 cm³/mol. The topological polar surface area (TPSA) is 29.1 Å². The minimum Gasteiger partial charge on any atom is -0.356 e. The third kappa shape index (κ3) is 3.97. The maximum atomic E-state index is 12.1. The molecule has 1 aliphatic carbocycles. The Bertz CT molecular complexity index is 594. The van der Waals surface area contributed by atoms with Crippen LogP contribution < -0.4 is 5.32 Å². The van der Waals surface area contributed by atoms with Gasteiger partial charge in [-0.25, -0.2) is 0 Å². The molecule has 1 N–H and O–H groups in total. The molecule has 1 fully saturated rings. The first kappa shape index (κ1) is 14.8. The summed E-state index contributed by atoms with van der Waals surface area (Å²) in [5, 5.41) is 3.09. The Labute approximate surface area is 132 Å². The predicted octanol–water partition coefficient (Wildman–Crippen LogP) is 3.93. The van der Waals surface area contributed by atoms with Gasteiger partial charge in [-0.15, -0.1) is 0 Å². The molecule has 0 radical (unpaired) electrons. The minimum atomic E-state index is 0.191. The molecule has 1 amide bonds. The van der Waals surface area contributed by atoms with Crippen molar-refractivity contribution in [3.63, 3.8) is 0 Å². The zero-order chi connectivity index (χ0) is 15.2. The molecule has 114 valence electrons. The van der Waals surface area contributed by atoms with Gasteiger partial charge in [-0.3, -0.25) is 4.79 Å². The van der Waals surface area contributed by atoms with E-state index in [4.69, 9.17) is 0 Å². The van der Waals surface area contributed by atoms with Crippen LogP contribution in [0.5, 0.6) is 0 Å². The molecule has 2 atom stereocenters. The first-order valence-electron chi connectivity index (χ1n) is 8.21. The second-order valence-corrected chi connectivity index (χ2v) is 6.09. The number of benzene rings is 2. The summed E-state index contributed by atoms with van der Waals surface area (Å²) in [6.07, 6.45) is 4.26. The molecule has 2 heteroatoms. The lowest BCUT2D eigenvalue weighted by molar-refractivity contribution is -0.122. The summed E-state index contributed by atoms with van der Waals surface area (Å²) < 4.78 is 0. The standard InChI is InChI=1S/C20H23NO/c22-20(19-15-18(19)17-12-5-2-6-13-17)21-14-8-7-11-16-9-3-1-4-10-16/h1-6,9-10,12-13,18-19H,7-8,11,14-15H2,(H,21,22). The van der Waals surface area contributed by atoms with Crippen molar-refractivity contribution < 1.29 is 4.79 Å². The molecular weight excluding hydrogens is 270 g/mol. The quantitative estimate of drug-likeness (QED) is 0.770. The Morgan fingerprint density at radius 2 is 1.64 bits per heavy atom. The van der Waals surface area contributed by atoms with Crippen LogP contribution in [-0.2, 0) is 11.2 Å². The Morgan fingerprint density at radius 1 is 0.955 bits per heavy atom. The van der Waals surface area contributed by atoms with E-state index < -0.39 is 0 Å². The van der Waals surface area contributed by atoms with Crippen molar-refractivity contribution in [2.24, 2.45) is 5.92 Å². The smallest absolute Gasteiger partial charge is 0.223 e. The van der Waals surface area contributed by atoms with Crippen LogP contribution in [0.4, 0.5) is 0 Å². The number of hydrogen-bond acceptors (Lipinski definition) is 1. The van der Waals surface area contributed by atoms with Crippen molar-refractivity contribution >= 4 is 5.91 Å². The largest absolute Gasteiger partial charge is 0.356 e. The van der Waals surface area contributed by atoms with E-state index in [1.54, 1.807) is 0 Å². The number of unbranched alkanes of at least 4 members (excludes halogenated alkanes) is 1. The van der Waals surface area contributed by atoms with Crippen LogP contribution >= 0.6 is 0 Å². The number of amides is 1. The zero-order valence-electron chi connectivity index (χ0n) is 12.9. The van der Waals surface area contributed by atoms with Crippen LogP contribution in [0.3, 0.4) is 0 Å². The van der Waals surface area contributed by atoms with E-state index in [1.807, 2.05) is 24.3 Å². The van der Waals surface area contributed by atoms with Gasteiger partial charge in [-0.2, -0.15) is 0 Å². The van der Waals surface area contributed by atoms with Gasteiger partial charge in [-0.1, -0.05) is 60.7 Å². The molecule has 0 heterocycles. The van der Waals surface area contributed by atoms with Gasteiger partial charge >= 0.3 is 0 Å². The van der Waals surface area contributed by atoms with Crippen molar-refractivity contribution in [1.82, 2.24) is 5.32 Å². The average molecular weight is 293 g/mol. The van der Waals surface area contributed by atoms with Gasteiger partial charge in [0.15, 0.2) is 0 Å². The fourth-order valence-electron chi connectivity index (χ4n) is 2.99. The van der Waals surface area contributed by atoms with Crippen LogP contribution in [0.1, 0.15) is 36.3 Å². The molecule has 0 bridgehead atoms. The molecule has 3 rings (SSSR count). The fraction of sp³-hybridized carbons (Fsp3) is 0.350. The van der Waals surface area contributed by atoms with E-state index in [-0.39, 0.29) is 11.8 Å². The summed E-state index contributed by atoms with van der Waals surface area (Å²) >= 11 is 0. The highest BCUT2D eigenvalue weighted by Crippen LogP contribution is 2.47. The zero-order valence-corrected chi connectivity index (χ0v) is 12.9. The van der Waals surface area contributed by atoms with E-state index in [0.29, 0.717) is 5.92 Å². The number of rotatable bonds is 7. The Morgan fingerprint density at radius 3 is 2.36 bits per heavy atom. The van der Waals surface area contributed by atoms with E-state index in [2.05, 4.69) is 41.7 Å². The van der Waals surface area contributed by atoms with E-state index in [1.165, 1.54) is 11.1 Å². The number of carbonyl (C=O) groups excluding carboxylic acids is 1. The summed E-state index contributed by atoms with van der Waals surface area (Å²) in [7, 11) is 0. The first-order chi connectivity index (χ1) is 10.8. The van der Waals surface area contributed by atoms with Gasteiger partial charge in [0.2, 0.25) is 5.91 Å². The fourth-order valence-corrected chi connectivity index (χ4v) is 2.99. The average Bonchev–Trinajstić information content (AvgIpc) is 3.37. The molecule has 0 saturated heterocycles. The van der Waals surface area contributed by atoms with Crippen molar-refractivity contribution in [2.45, 2.75) is 31.6 Å². The molecule has 0 aliphatic heterocycles.